The minimum atomic E-state index is -0.549. The third kappa shape index (κ3) is 22.7. The second-order valence-electron chi connectivity index (χ2n) is 13.6. The second kappa shape index (κ2) is 37.8. The lowest BCUT2D eigenvalue weighted by Gasteiger charge is -1.95. The van der Waals surface area contributed by atoms with Gasteiger partial charge in [-0.05, 0) is 78.6 Å². The molecule has 0 saturated carbocycles. The van der Waals surface area contributed by atoms with Gasteiger partial charge in [-0.3, -0.25) is 10.1 Å². The molecule has 5 aromatic carbocycles. The number of rotatable bonds is 6. The largest absolute Gasteiger partial charge is 0.433 e. The molecule has 0 fully saturated rings. The van der Waals surface area contributed by atoms with Gasteiger partial charge in [0.1, 0.15) is 16.4 Å². The van der Waals surface area contributed by atoms with Crippen molar-refractivity contribution < 1.29 is 18.1 Å². The smallest absolute Gasteiger partial charge is 0.431 e. The number of nitrogens with one attached hydrogen (secondary N) is 3. The summed E-state index contributed by atoms with van der Waals surface area (Å²) in [5, 5.41) is 10.4. The molecule has 8 nitrogen and oxygen atoms in total. The van der Waals surface area contributed by atoms with Crippen LogP contribution in [0.3, 0.4) is 0 Å². The van der Waals surface area contributed by atoms with Crippen LogP contribution in [0.1, 0.15) is 80.5 Å². The van der Waals surface area contributed by atoms with Gasteiger partial charge in [-0.1, -0.05) is 221 Å². The molecule has 9 heteroatoms. The Hall–Kier alpha value is -8.17. The average molecular weight is 959 g/mol. The number of benzene rings is 5. The van der Waals surface area contributed by atoms with E-state index in [1.807, 2.05) is 203 Å². The monoisotopic (exact) mass is 959 g/mol. The van der Waals surface area contributed by atoms with Gasteiger partial charge >= 0.3 is 5.88 Å². The predicted octanol–water partition coefficient (Wildman–Crippen LogP) is 19.7. The fourth-order valence-corrected chi connectivity index (χ4v) is 5.96. The Morgan fingerprint density at radius 1 is 0.423 bits per heavy atom. The lowest BCUT2D eigenvalue weighted by Crippen LogP contribution is -1.82. The number of nitro groups is 1. The summed E-state index contributed by atoms with van der Waals surface area (Å²) in [7, 11) is 0. The number of aryl methyl sites for hydroxylation is 2. The highest BCUT2D eigenvalue weighted by Gasteiger charge is 2.12. The van der Waals surface area contributed by atoms with E-state index in [9.17, 15) is 14.5 Å². The van der Waals surface area contributed by atoms with Gasteiger partial charge < -0.3 is 23.8 Å². The maximum absolute atomic E-state index is 12.4. The SMILES string of the molecule is CC.CC.CC.CC.CC.Cc1c[nH]c(-c2ccccc2)c1.Cc1ccc(-c2ccccc2)[nH]1.Fc1ccc(-c2ccccc2)o1.O=[N+]([O-])c1ccc(-c2ccccc2)o1.c1ccc(-c2ccc[nH]2)cc1. The van der Waals surface area contributed by atoms with E-state index in [4.69, 9.17) is 8.83 Å². The summed E-state index contributed by atoms with van der Waals surface area (Å²) in [5.41, 5.74) is 11.5. The van der Waals surface area contributed by atoms with Crippen molar-refractivity contribution in [2.75, 3.05) is 0 Å². The van der Waals surface area contributed by atoms with Crippen LogP contribution in [0.15, 0.2) is 227 Å². The maximum Gasteiger partial charge on any atom is 0.433 e. The Balaban J connectivity index is 0.000000425. The van der Waals surface area contributed by atoms with Crippen molar-refractivity contribution in [3.05, 3.63) is 246 Å². The van der Waals surface area contributed by atoms with Gasteiger partial charge in [-0.15, -0.1) is 0 Å². The third-order valence-corrected chi connectivity index (χ3v) is 8.97. The molecular formula is C62H75FN4O4. The Morgan fingerprint density at radius 2 is 0.831 bits per heavy atom. The summed E-state index contributed by atoms with van der Waals surface area (Å²) < 4.78 is 22.3. The molecule has 0 bridgehead atoms. The molecule has 71 heavy (non-hydrogen) atoms. The van der Waals surface area contributed by atoms with E-state index in [1.165, 1.54) is 57.2 Å². The van der Waals surface area contributed by atoms with Gasteiger partial charge in [0.25, 0.3) is 6.01 Å². The number of hydrogen-bond acceptors (Lipinski definition) is 4. The minimum absolute atomic E-state index is 0.233. The van der Waals surface area contributed by atoms with Crippen LogP contribution in [-0.2, 0) is 0 Å². The molecule has 3 N–H and O–H groups in total. The first-order valence-corrected chi connectivity index (χ1v) is 24.5. The van der Waals surface area contributed by atoms with Gasteiger partial charge in [0, 0.05) is 52.4 Å². The quantitative estimate of drug-likeness (QED) is 0.114. The molecule has 0 aliphatic rings. The second-order valence-corrected chi connectivity index (χ2v) is 13.6. The molecule has 0 spiro atoms. The number of nitrogens with zero attached hydrogens (tertiary/aromatic N) is 1. The highest BCUT2D eigenvalue weighted by Crippen LogP contribution is 2.26. The number of H-pyrrole nitrogens is 3. The molecular weight excluding hydrogens is 884 g/mol. The van der Waals surface area contributed by atoms with E-state index in [1.54, 1.807) is 12.1 Å². The summed E-state index contributed by atoms with van der Waals surface area (Å²) in [6.07, 6.45) is 3.95. The normalized spacial score (nSPS) is 9.03. The van der Waals surface area contributed by atoms with Crippen molar-refractivity contribution in [3.8, 4) is 56.4 Å². The zero-order valence-electron chi connectivity index (χ0n) is 43.7. The van der Waals surface area contributed by atoms with Crippen LogP contribution in [0.4, 0.5) is 10.3 Å². The summed E-state index contributed by atoms with van der Waals surface area (Å²) >= 11 is 0. The van der Waals surface area contributed by atoms with Crippen LogP contribution in [0.2, 0.25) is 0 Å². The molecule has 10 rings (SSSR count). The average Bonchev–Trinajstić information content (AvgIpc) is 4.34. The topological polar surface area (TPSA) is 117 Å². The molecule has 0 amide bonds. The van der Waals surface area contributed by atoms with Gasteiger partial charge in [-0.25, -0.2) is 0 Å². The summed E-state index contributed by atoms with van der Waals surface area (Å²) in [4.78, 5) is 19.5. The van der Waals surface area contributed by atoms with E-state index < -0.39 is 10.9 Å². The molecule has 0 unspecified atom stereocenters. The Bertz CT molecular complexity index is 2560. The maximum atomic E-state index is 12.4. The number of aromatic amines is 3. The molecule has 0 atom stereocenters. The van der Waals surface area contributed by atoms with E-state index >= 15 is 0 Å². The Morgan fingerprint density at radius 3 is 1.17 bits per heavy atom. The van der Waals surface area contributed by atoms with Crippen molar-refractivity contribution in [1.29, 1.82) is 0 Å². The van der Waals surface area contributed by atoms with Gasteiger partial charge in [0.2, 0.25) is 0 Å². The van der Waals surface area contributed by atoms with E-state index in [2.05, 4.69) is 89.5 Å². The van der Waals surface area contributed by atoms with E-state index in [0.29, 0.717) is 11.5 Å². The van der Waals surface area contributed by atoms with Crippen molar-refractivity contribution in [3.63, 3.8) is 0 Å². The molecule has 374 valence electrons. The number of aromatic nitrogens is 3. The van der Waals surface area contributed by atoms with Crippen LogP contribution in [0.25, 0.3) is 56.4 Å². The number of hydrogen-bond donors (Lipinski definition) is 3. The highest BCUT2D eigenvalue weighted by molar-refractivity contribution is 5.62. The van der Waals surface area contributed by atoms with Crippen molar-refractivity contribution in [2.45, 2.75) is 83.1 Å². The molecule has 5 heterocycles. The number of furan rings is 2. The first-order chi connectivity index (χ1) is 34.8. The highest BCUT2D eigenvalue weighted by atomic mass is 19.1. The lowest BCUT2D eigenvalue weighted by atomic mass is 10.1. The van der Waals surface area contributed by atoms with Crippen molar-refractivity contribution >= 4 is 5.88 Å². The fraction of sp³-hybridized carbons (Fsp3) is 0.194. The molecule has 5 aromatic heterocycles. The zero-order chi connectivity index (χ0) is 52.7. The van der Waals surface area contributed by atoms with Crippen LogP contribution in [-0.4, -0.2) is 19.9 Å². The predicted molar refractivity (Wildman–Crippen MR) is 300 cm³/mol. The zero-order valence-corrected chi connectivity index (χ0v) is 43.7. The fourth-order valence-electron chi connectivity index (χ4n) is 5.96. The van der Waals surface area contributed by atoms with Gasteiger partial charge in [-0.2, -0.15) is 4.39 Å². The first-order valence-electron chi connectivity index (χ1n) is 24.5. The first kappa shape index (κ1) is 60.8. The van der Waals surface area contributed by atoms with Crippen LogP contribution >= 0.6 is 0 Å². The summed E-state index contributed by atoms with van der Waals surface area (Å²) in [6.45, 7) is 24.1. The van der Waals surface area contributed by atoms with Crippen molar-refractivity contribution in [1.82, 2.24) is 15.0 Å². The molecule has 0 radical (unpaired) electrons. The van der Waals surface area contributed by atoms with Gasteiger partial charge in [0.15, 0.2) is 0 Å². The van der Waals surface area contributed by atoms with E-state index in [-0.39, 0.29) is 5.88 Å². The summed E-state index contributed by atoms with van der Waals surface area (Å²) in [6, 6.07) is 65.3. The number of halogens is 1. The Labute approximate surface area is 422 Å². The molecule has 0 aliphatic carbocycles. The lowest BCUT2D eigenvalue weighted by molar-refractivity contribution is -0.401. The minimum Gasteiger partial charge on any atom is -0.431 e. The van der Waals surface area contributed by atoms with Crippen LogP contribution in [0.5, 0.6) is 0 Å². The van der Waals surface area contributed by atoms with Gasteiger partial charge in [0.05, 0.1) is 6.07 Å². The van der Waals surface area contributed by atoms with E-state index in [0.717, 1.165) is 11.1 Å². The standard InChI is InChI=1S/2C11H11N.C10H7FO.C10H7NO3.C10H9N.5C2H6/c1-9-7-11(12-8-9)10-5-3-2-4-6-10;1-9-7-8-11(12-9)10-5-3-2-4-6-10;11-10-7-6-9(12-10)8-4-2-1-3-5-8;12-11(13)10-7-6-9(14-10)8-4-2-1-3-5-8;1-2-5-9(6-3-1)10-7-4-8-11-10;5*1-2/h2*2-8,12H,1H3;1-7H;1-7H;1-8,11H;5*1-2H3. The van der Waals surface area contributed by atoms with Crippen molar-refractivity contribution in [2.24, 2.45) is 0 Å². The molecule has 0 saturated heterocycles. The molecule has 10 aromatic rings. The molecule has 0 aliphatic heterocycles. The Kier molecular flexibility index (Phi) is 32.4. The van der Waals surface area contributed by atoms with Crippen LogP contribution in [0, 0.1) is 30.0 Å². The summed E-state index contributed by atoms with van der Waals surface area (Å²) in [5.74, 6) is 0.842. The van der Waals surface area contributed by atoms with Crippen LogP contribution < -0.4 is 0 Å². The third-order valence-electron chi connectivity index (χ3n) is 8.97.